The first kappa shape index (κ1) is 14.0. The summed E-state index contributed by atoms with van der Waals surface area (Å²) in [5.74, 6) is -0.526. The molecule has 0 saturated carbocycles. The number of amides is 2. The summed E-state index contributed by atoms with van der Waals surface area (Å²) in [6, 6.07) is -0.565. The molecule has 0 bridgehead atoms. The Bertz CT molecular complexity index is 390. The molecule has 1 atom stereocenters. The van der Waals surface area contributed by atoms with Gasteiger partial charge in [-0.15, -0.1) is 6.58 Å². The van der Waals surface area contributed by atoms with E-state index in [1.807, 2.05) is 0 Å². The molecular formula is C12H17N3O3. The van der Waals surface area contributed by atoms with Gasteiger partial charge in [0.15, 0.2) is 0 Å². The second-order valence-electron chi connectivity index (χ2n) is 3.76. The van der Waals surface area contributed by atoms with Crippen molar-refractivity contribution in [2.75, 3.05) is 20.2 Å². The highest BCUT2D eigenvalue weighted by atomic mass is 16.6. The highest BCUT2D eigenvalue weighted by molar-refractivity contribution is 6.03. The molecule has 0 spiro atoms. The van der Waals surface area contributed by atoms with Crippen molar-refractivity contribution < 1.29 is 14.4 Å². The number of oxime groups is 1. The maximum Gasteiger partial charge on any atom is 0.246 e. The topological polar surface area (TPSA) is 71.0 Å². The lowest BCUT2D eigenvalue weighted by molar-refractivity contribution is -0.134. The minimum atomic E-state index is -0.565. The van der Waals surface area contributed by atoms with Crippen LogP contribution in [0.1, 0.15) is 6.42 Å². The molecule has 18 heavy (non-hydrogen) atoms. The van der Waals surface area contributed by atoms with Crippen molar-refractivity contribution in [3.8, 4) is 0 Å². The number of carbonyl (C=O) groups is 2. The third-order valence-electron chi connectivity index (χ3n) is 2.56. The molecule has 1 aliphatic heterocycles. The van der Waals surface area contributed by atoms with Crippen LogP contribution in [0.5, 0.6) is 0 Å². The zero-order chi connectivity index (χ0) is 13.5. The van der Waals surface area contributed by atoms with E-state index < -0.39 is 6.04 Å². The van der Waals surface area contributed by atoms with Gasteiger partial charge in [0.05, 0.1) is 12.3 Å². The number of rotatable bonds is 5. The minimum Gasteiger partial charge on any atom is -0.399 e. The van der Waals surface area contributed by atoms with Crippen molar-refractivity contribution in [1.29, 1.82) is 0 Å². The Morgan fingerprint density at radius 1 is 1.61 bits per heavy atom. The van der Waals surface area contributed by atoms with E-state index in [-0.39, 0.29) is 18.4 Å². The first-order valence-electron chi connectivity index (χ1n) is 5.54. The van der Waals surface area contributed by atoms with Gasteiger partial charge >= 0.3 is 0 Å². The summed E-state index contributed by atoms with van der Waals surface area (Å²) in [6.07, 6.45) is 3.14. The second kappa shape index (κ2) is 6.58. The smallest absolute Gasteiger partial charge is 0.246 e. The Kier molecular flexibility index (Phi) is 5.10. The average molecular weight is 251 g/mol. The zero-order valence-electron chi connectivity index (χ0n) is 10.4. The number of carbonyl (C=O) groups excluding carboxylic acids is 2. The number of nitrogens with one attached hydrogen (secondary N) is 1. The van der Waals surface area contributed by atoms with Crippen LogP contribution in [0.3, 0.4) is 0 Å². The molecule has 6 heteroatoms. The predicted octanol–water partition coefficient (Wildman–Crippen LogP) is 0.0779. The minimum absolute atomic E-state index is 0.230. The van der Waals surface area contributed by atoms with Crippen LogP contribution < -0.4 is 5.32 Å². The maximum absolute atomic E-state index is 11.9. The third-order valence-corrected chi connectivity index (χ3v) is 2.56. The molecule has 1 aliphatic rings. The van der Waals surface area contributed by atoms with Crippen molar-refractivity contribution in [2.45, 2.75) is 12.5 Å². The molecule has 0 aromatic carbocycles. The molecule has 0 aromatic heterocycles. The molecule has 1 fully saturated rings. The van der Waals surface area contributed by atoms with E-state index in [2.05, 4.69) is 28.5 Å². The lowest BCUT2D eigenvalue weighted by atomic mass is 10.2. The standard InChI is InChI=1S/C12H17N3O3/c1-4-6-13-12(17)10-7-9(14-18-3)8-15(10)11(16)5-2/h4-5,10H,1-2,6-8H2,3H3,(H,13,17)/t10-/m0/s1. The van der Waals surface area contributed by atoms with Gasteiger partial charge in [0.25, 0.3) is 0 Å². The molecule has 1 saturated heterocycles. The van der Waals surface area contributed by atoms with Crippen molar-refractivity contribution >= 4 is 17.5 Å². The number of hydrogen-bond donors (Lipinski definition) is 1. The molecule has 6 nitrogen and oxygen atoms in total. The molecule has 2 amide bonds. The molecule has 0 aromatic rings. The summed E-state index contributed by atoms with van der Waals surface area (Å²) < 4.78 is 0. The van der Waals surface area contributed by atoms with Crippen molar-refractivity contribution in [2.24, 2.45) is 5.16 Å². The van der Waals surface area contributed by atoms with Crippen LogP contribution >= 0.6 is 0 Å². The summed E-state index contributed by atoms with van der Waals surface area (Å²) >= 11 is 0. The molecule has 98 valence electrons. The van der Waals surface area contributed by atoms with E-state index >= 15 is 0 Å². The monoisotopic (exact) mass is 251 g/mol. The van der Waals surface area contributed by atoms with Crippen LogP contribution in [0.2, 0.25) is 0 Å². The quantitative estimate of drug-likeness (QED) is 0.427. The summed E-state index contributed by atoms with van der Waals surface area (Å²) in [4.78, 5) is 29.7. The lowest BCUT2D eigenvalue weighted by Gasteiger charge is -2.21. The van der Waals surface area contributed by atoms with Crippen LogP contribution in [0.4, 0.5) is 0 Å². The van der Waals surface area contributed by atoms with Gasteiger partial charge in [0, 0.05) is 13.0 Å². The van der Waals surface area contributed by atoms with Crippen LogP contribution in [0, 0.1) is 0 Å². The average Bonchev–Trinajstić information content (AvgIpc) is 2.79. The van der Waals surface area contributed by atoms with Crippen molar-refractivity contribution in [3.63, 3.8) is 0 Å². The van der Waals surface area contributed by atoms with E-state index in [1.54, 1.807) is 6.08 Å². The Morgan fingerprint density at radius 2 is 2.33 bits per heavy atom. The van der Waals surface area contributed by atoms with E-state index in [4.69, 9.17) is 0 Å². The summed E-state index contributed by atoms with van der Waals surface area (Å²) in [5, 5.41) is 6.46. The summed E-state index contributed by atoms with van der Waals surface area (Å²) in [5.41, 5.74) is 0.659. The highest BCUT2D eigenvalue weighted by Gasteiger charge is 2.36. The molecule has 0 unspecified atom stereocenters. The van der Waals surface area contributed by atoms with Crippen molar-refractivity contribution in [1.82, 2.24) is 10.2 Å². The Balaban J connectivity index is 2.81. The maximum atomic E-state index is 11.9. The van der Waals surface area contributed by atoms with Gasteiger partial charge in [-0.1, -0.05) is 17.8 Å². The van der Waals surface area contributed by atoms with Gasteiger partial charge in [-0.2, -0.15) is 0 Å². The highest BCUT2D eigenvalue weighted by Crippen LogP contribution is 2.16. The first-order chi connectivity index (χ1) is 8.63. The van der Waals surface area contributed by atoms with Crippen LogP contribution in [0.15, 0.2) is 30.5 Å². The number of likely N-dealkylation sites (tertiary alicyclic amines) is 1. The third kappa shape index (κ3) is 3.19. The number of hydrogen-bond acceptors (Lipinski definition) is 4. The van der Waals surface area contributed by atoms with Gasteiger partial charge in [-0.05, 0) is 6.08 Å². The number of nitrogens with zero attached hydrogens (tertiary/aromatic N) is 2. The fraction of sp³-hybridized carbons (Fsp3) is 0.417. The predicted molar refractivity (Wildman–Crippen MR) is 68.0 cm³/mol. The van der Waals surface area contributed by atoms with E-state index in [0.29, 0.717) is 18.7 Å². The largest absolute Gasteiger partial charge is 0.399 e. The van der Waals surface area contributed by atoms with Crippen LogP contribution in [-0.2, 0) is 14.4 Å². The molecule has 1 rings (SSSR count). The first-order valence-corrected chi connectivity index (χ1v) is 5.54. The zero-order valence-corrected chi connectivity index (χ0v) is 10.4. The second-order valence-corrected chi connectivity index (χ2v) is 3.76. The molecule has 0 aliphatic carbocycles. The SMILES string of the molecule is C=CCNC(=O)[C@@H]1CC(=NOC)CN1C(=O)C=C. The fourth-order valence-corrected chi connectivity index (χ4v) is 1.77. The van der Waals surface area contributed by atoms with Gasteiger partial charge in [0.2, 0.25) is 11.8 Å². The van der Waals surface area contributed by atoms with E-state index in [0.717, 1.165) is 0 Å². The summed E-state index contributed by atoms with van der Waals surface area (Å²) in [6.45, 7) is 7.59. The van der Waals surface area contributed by atoms with E-state index in [1.165, 1.54) is 18.1 Å². The fourth-order valence-electron chi connectivity index (χ4n) is 1.77. The Hall–Kier alpha value is -2.11. The molecular weight excluding hydrogens is 234 g/mol. The van der Waals surface area contributed by atoms with Gasteiger partial charge in [-0.25, -0.2) is 0 Å². The van der Waals surface area contributed by atoms with Gasteiger partial charge in [-0.3, -0.25) is 9.59 Å². The Morgan fingerprint density at radius 3 is 2.89 bits per heavy atom. The van der Waals surface area contributed by atoms with Crippen molar-refractivity contribution in [3.05, 3.63) is 25.3 Å². The van der Waals surface area contributed by atoms with Gasteiger partial charge < -0.3 is 15.1 Å². The normalized spacial score (nSPS) is 20.6. The van der Waals surface area contributed by atoms with Crippen LogP contribution in [0.25, 0.3) is 0 Å². The van der Waals surface area contributed by atoms with Crippen LogP contribution in [-0.4, -0.2) is 48.7 Å². The van der Waals surface area contributed by atoms with Gasteiger partial charge in [0.1, 0.15) is 13.2 Å². The summed E-state index contributed by atoms with van der Waals surface area (Å²) in [7, 11) is 1.43. The Labute approximate surface area is 106 Å². The molecule has 0 radical (unpaired) electrons. The molecule has 1 N–H and O–H groups in total. The van der Waals surface area contributed by atoms with E-state index in [9.17, 15) is 9.59 Å². The molecule has 1 heterocycles. The lowest BCUT2D eigenvalue weighted by Crippen LogP contribution is -2.45.